The minimum atomic E-state index is -3.38. The number of halogens is 2. The van der Waals surface area contributed by atoms with Gasteiger partial charge in [-0.05, 0) is 109 Å². The predicted molar refractivity (Wildman–Crippen MR) is 229 cm³/mol. The molecule has 312 valence electrons. The average Bonchev–Trinajstić information content (AvgIpc) is 3.54. The molecule has 4 aliphatic rings. The molecule has 0 aromatic heterocycles. The molecule has 13 heteroatoms. The van der Waals surface area contributed by atoms with Crippen LogP contribution in [0.3, 0.4) is 0 Å². The average molecular weight is 842 g/mol. The van der Waals surface area contributed by atoms with E-state index in [9.17, 15) is 24.3 Å². The largest absolute Gasteiger partial charge is 0.508 e. The van der Waals surface area contributed by atoms with Crippen LogP contribution in [-0.4, -0.2) is 114 Å². The van der Waals surface area contributed by atoms with Crippen molar-refractivity contribution in [3.05, 3.63) is 125 Å². The first-order valence-corrected chi connectivity index (χ1v) is 20.4. The summed E-state index contributed by atoms with van der Waals surface area (Å²) >= 11 is 6.31. The number of hydrogen-bond acceptors (Lipinski definition) is 9. The maximum atomic E-state index is 15.9. The van der Waals surface area contributed by atoms with Gasteiger partial charge in [-0.3, -0.25) is 39.2 Å². The van der Waals surface area contributed by atoms with Gasteiger partial charge in [-0.25, -0.2) is 4.39 Å². The Bertz CT molecular complexity index is 2610. The topological polar surface area (TPSA) is 123 Å². The smallest absolute Gasteiger partial charge is 0.265 e. The second-order valence-electron chi connectivity index (χ2n) is 15.1. The van der Waals surface area contributed by atoms with Crippen LogP contribution >= 0.6 is 11.6 Å². The molecule has 4 aliphatic heterocycles. The fourth-order valence-electron chi connectivity index (χ4n) is 8.11. The maximum Gasteiger partial charge on any atom is 0.265 e. The summed E-state index contributed by atoms with van der Waals surface area (Å²) in [6.45, 7) is -11.6. The number of nitrogens with zero attached hydrogens (tertiary/aromatic N) is 4. The predicted octanol–water partition coefficient (Wildman–Crippen LogP) is 6.43. The standard InChI is InChI=1S/C47H49ClFN5O6/c48-19-16-38(32-4-2-1-3-5-32)43(33-6-10-36(55)11-7-33)34-8-12-37(13-9-34)60-27-26-51-20-17-31(18-21-51)30-52-22-24-53(25-23-52)35-28-39-44(40(49)29-35)47(59)54(46(39)58)41-14-15-42(56)50-45(41)57/h1-13,28-29,31,41,55H,14-27,30H2,(H,50,56,57)/i22D2,23D2,24D2,25D2. The van der Waals surface area contributed by atoms with Gasteiger partial charge in [0.2, 0.25) is 11.8 Å². The van der Waals surface area contributed by atoms with Gasteiger partial charge in [-0.2, -0.15) is 0 Å². The van der Waals surface area contributed by atoms with E-state index in [2.05, 4.69) is 4.90 Å². The van der Waals surface area contributed by atoms with Crippen LogP contribution in [-0.2, 0) is 9.59 Å². The number of carbonyl (C=O) groups excluding carboxylic acids is 4. The van der Waals surface area contributed by atoms with Crippen molar-refractivity contribution < 1.29 is 44.4 Å². The number of imide groups is 2. The van der Waals surface area contributed by atoms with Crippen LogP contribution < -0.4 is 15.0 Å². The third kappa shape index (κ3) is 8.96. The van der Waals surface area contributed by atoms with Crippen molar-refractivity contribution in [3.63, 3.8) is 0 Å². The molecule has 60 heavy (non-hydrogen) atoms. The number of phenols is 1. The van der Waals surface area contributed by atoms with Crippen molar-refractivity contribution in [3.8, 4) is 11.5 Å². The molecular weight excluding hydrogens is 785 g/mol. The lowest BCUT2D eigenvalue weighted by atomic mass is 9.88. The number of aromatic hydroxyl groups is 1. The maximum absolute atomic E-state index is 15.9. The van der Waals surface area contributed by atoms with E-state index >= 15 is 4.39 Å². The monoisotopic (exact) mass is 841 g/mol. The Labute approximate surface area is 365 Å². The number of piperazine rings is 1. The summed E-state index contributed by atoms with van der Waals surface area (Å²) in [6, 6.07) is 24.7. The molecule has 4 amide bonds. The highest BCUT2D eigenvalue weighted by Gasteiger charge is 2.46. The molecule has 0 radical (unpaired) electrons. The highest BCUT2D eigenvalue weighted by molar-refractivity contribution is 6.24. The third-order valence-corrected chi connectivity index (χ3v) is 11.4. The van der Waals surface area contributed by atoms with Crippen LogP contribution in [0, 0.1) is 11.7 Å². The number of nitrogens with one attached hydrogen (secondary N) is 1. The quantitative estimate of drug-likeness (QED) is 0.0891. The van der Waals surface area contributed by atoms with Gasteiger partial charge < -0.3 is 14.7 Å². The highest BCUT2D eigenvalue weighted by Crippen LogP contribution is 2.37. The molecule has 0 aliphatic carbocycles. The summed E-state index contributed by atoms with van der Waals surface area (Å²) in [4.78, 5) is 54.5. The lowest BCUT2D eigenvalue weighted by Gasteiger charge is -2.39. The minimum absolute atomic E-state index is 0.136. The van der Waals surface area contributed by atoms with Crippen molar-refractivity contribution in [2.24, 2.45) is 5.92 Å². The van der Waals surface area contributed by atoms with Crippen molar-refractivity contribution in [2.45, 2.75) is 38.1 Å². The number of alkyl halides is 1. The summed E-state index contributed by atoms with van der Waals surface area (Å²) < 4.78 is 94.0. The number of allylic oxidation sites excluding steroid dienone is 1. The second kappa shape index (κ2) is 18.4. The molecule has 0 bridgehead atoms. The van der Waals surface area contributed by atoms with Gasteiger partial charge in [0, 0.05) is 62.5 Å². The zero-order valence-electron chi connectivity index (χ0n) is 40.6. The van der Waals surface area contributed by atoms with E-state index in [0.717, 1.165) is 33.9 Å². The molecule has 4 aromatic carbocycles. The molecular formula is C47H49ClFN5O6. The molecule has 4 aromatic rings. The number of likely N-dealkylation sites (tertiary alicyclic amines) is 1. The lowest BCUT2D eigenvalue weighted by Crippen LogP contribution is -2.54. The number of fused-ring (bicyclic) bond motifs is 1. The van der Waals surface area contributed by atoms with Gasteiger partial charge >= 0.3 is 0 Å². The third-order valence-electron chi connectivity index (χ3n) is 11.2. The van der Waals surface area contributed by atoms with Crippen LogP contribution in [0.25, 0.3) is 11.1 Å². The number of hydrogen-bond donors (Lipinski definition) is 2. The van der Waals surface area contributed by atoms with Crippen LogP contribution in [0.1, 0.15) is 80.5 Å². The van der Waals surface area contributed by atoms with Gasteiger partial charge in [0.05, 0.1) is 16.6 Å². The van der Waals surface area contributed by atoms with E-state index in [1.807, 2.05) is 72.0 Å². The van der Waals surface area contributed by atoms with Gasteiger partial charge in [0.1, 0.15) is 30.0 Å². The number of rotatable bonds is 13. The summed E-state index contributed by atoms with van der Waals surface area (Å²) in [5, 5.41) is 12.0. The summed E-state index contributed by atoms with van der Waals surface area (Å²) in [5.74, 6) is -4.46. The number of amides is 4. The molecule has 3 saturated heterocycles. The van der Waals surface area contributed by atoms with Crippen molar-refractivity contribution in [2.75, 3.05) is 69.6 Å². The summed E-state index contributed by atoms with van der Waals surface area (Å²) in [7, 11) is 0. The Hall–Kier alpha value is -5.56. The van der Waals surface area contributed by atoms with E-state index in [4.69, 9.17) is 27.3 Å². The molecule has 11 nitrogen and oxygen atoms in total. The van der Waals surface area contributed by atoms with Gasteiger partial charge in [-0.1, -0.05) is 54.6 Å². The molecule has 1 unspecified atom stereocenters. The number of carbonyl (C=O) groups is 4. The van der Waals surface area contributed by atoms with Gasteiger partial charge in [0.25, 0.3) is 11.8 Å². The Balaban J connectivity index is 0.917. The molecule has 8 rings (SSSR count). The van der Waals surface area contributed by atoms with Gasteiger partial charge in [-0.15, -0.1) is 11.6 Å². The molecule has 0 spiro atoms. The van der Waals surface area contributed by atoms with E-state index in [0.29, 0.717) is 73.0 Å². The van der Waals surface area contributed by atoms with E-state index in [1.165, 1.54) is 0 Å². The highest BCUT2D eigenvalue weighted by atomic mass is 35.5. The number of benzene rings is 4. The Kier molecular flexibility index (Phi) is 9.87. The Morgan fingerprint density at radius 3 is 2.18 bits per heavy atom. The number of piperidine rings is 2. The Morgan fingerprint density at radius 1 is 0.833 bits per heavy atom. The minimum Gasteiger partial charge on any atom is -0.508 e. The number of anilines is 1. The molecule has 3 fully saturated rings. The zero-order valence-corrected chi connectivity index (χ0v) is 33.4. The van der Waals surface area contributed by atoms with Crippen LogP contribution in [0.5, 0.6) is 11.5 Å². The van der Waals surface area contributed by atoms with Crippen LogP contribution in [0.2, 0.25) is 0 Å². The van der Waals surface area contributed by atoms with Crippen molar-refractivity contribution >= 4 is 52.1 Å². The first kappa shape index (κ1) is 32.2. The van der Waals surface area contributed by atoms with E-state index in [-0.39, 0.29) is 36.0 Å². The normalized spacial score (nSPS) is 25.0. The van der Waals surface area contributed by atoms with Crippen molar-refractivity contribution in [1.82, 2.24) is 20.0 Å². The first-order chi connectivity index (χ1) is 32.2. The van der Waals surface area contributed by atoms with E-state index in [1.54, 1.807) is 12.1 Å². The molecule has 0 saturated carbocycles. The number of ether oxygens (including phenoxy) is 1. The fourth-order valence-corrected chi connectivity index (χ4v) is 8.30. The van der Waals surface area contributed by atoms with Crippen molar-refractivity contribution in [1.29, 1.82) is 0 Å². The SMILES string of the molecule is [2H]C1([2H])N(CC2CCN(CCOc3ccc(C(=C(CCCl)c4ccccc4)c4ccc(O)cc4)cc3)CC2)C([2H])([2H])C([2H])([2H])N(c2cc(F)c3c(c2)C(=O)N(C2CCC(=O)NC2=O)C3=O)C1([2H])[2H]. The summed E-state index contributed by atoms with van der Waals surface area (Å²) in [6.07, 6.45) is 1.11. The first-order valence-electron chi connectivity index (χ1n) is 23.9. The van der Waals surface area contributed by atoms with Crippen LogP contribution in [0.15, 0.2) is 91.0 Å². The Morgan fingerprint density at radius 2 is 1.52 bits per heavy atom. The van der Waals surface area contributed by atoms with Crippen LogP contribution in [0.4, 0.5) is 10.1 Å². The zero-order chi connectivity index (χ0) is 48.9. The lowest BCUT2D eigenvalue weighted by molar-refractivity contribution is -0.136. The molecule has 2 N–H and O–H groups in total. The molecule has 4 heterocycles. The van der Waals surface area contributed by atoms with E-state index < -0.39 is 78.3 Å². The van der Waals surface area contributed by atoms with Gasteiger partial charge in [0.15, 0.2) is 0 Å². The molecule has 1 atom stereocenters. The fraction of sp³-hybridized carbons (Fsp3) is 0.362. The second-order valence-corrected chi connectivity index (χ2v) is 15.4. The number of phenolic OH excluding ortho intramolecular Hbond substituents is 1. The summed E-state index contributed by atoms with van der Waals surface area (Å²) in [5.41, 5.74) is 2.78.